The molecule has 1 amide bonds. The molecule has 2 atom stereocenters. The van der Waals surface area contributed by atoms with E-state index in [1.54, 1.807) is 12.1 Å². The summed E-state index contributed by atoms with van der Waals surface area (Å²) in [5.74, 6) is 0.821. The number of amides is 1. The molecule has 5 heteroatoms. The predicted octanol–water partition coefficient (Wildman–Crippen LogP) is 2.20. The monoisotopic (exact) mass is 288 g/mol. The lowest BCUT2D eigenvalue weighted by molar-refractivity contribution is -0.133. The first-order valence-corrected chi connectivity index (χ1v) is 7.33. The third-order valence-corrected chi connectivity index (χ3v) is 4.02. The molecule has 1 aromatic rings. The largest absolute Gasteiger partial charge is 0.496 e. The minimum Gasteiger partial charge on any atom is -0.496 e. The van der Waals surface area contributed by atoms with Gasteiger partial charge in [-0.05, 0) is 31.9 Å². The van der Waals surface area contributed by atoms with Gasteiger partial charge in [-0.25, -0.2) is 5.01 Å². The van der Waals surface area contributed by atoms with Crippen LogP contribution in [-0.2, 0) is 9.53 Å². The average Bonchev–Trinajstić information content (AvgIpc) is 2.89. The van der Waals surface area contributed by atoms with E-state index in [1.807, 2.05) is 31.2 Å². The highest BCUT2D eigenvalue weighted by Crippen LogP contribution is 2.28. The molecule has 0 spiro atoms. The van der Waals surface area contributed by atoms with Crippen LogP contribution in [0.5, 0.6) is 5.75 Å². The third kappa shape index (κ3) is 2.78. The van der Waals surface area contributed by atoms with Crippen molar-refractivity contribution >= 4 is 11.6 Å². The van der Waals surface area contributed by atoms with Crippen LogP contribution in [0.2, 0.25) is 0 Å². The van der Waals surface area contributed by atoms with E-state index in [1.165, 1.54) is 0 Å². The van der Waals surface area contributed by atoms with Crippen LogP contribution in [0.1, 0.15) is 31.7 Å². The summed E-state index contributed by atoms with van der Waals surface area (Å²) in [5.41, 5.74) is 1.69. The zero-order valence-electron chi connectivity index (χ0n) is 12.4. The van der Waals surface area contributed by atoms with E-state index in [0.717, 1.165) is 29.9 Å². The van der Waals surface area contributed by atoms with E-state index in [9.17, 15) is 4.79 Å². The summed E-state index contributed by atoms with van der Waals surface area (Å²) < 4.78 is 10.9. The molecule has 1 saturated heterocycles. The first kappa shape index (κ1) is 14.1. The lowest BCUT2D eigenvalue weighted by Crippen LogP contribution is -2.40. The van der Waals surface area contributed by atoms with Crippen LogP contribution in [0.4, 0.5) is 0 Å². The van der Waals surface area contributed by atoms with Gasteiger partial charge in [0.2, 0.25) is 5.91 Å². The van der Waals surface area contributed by atoms with Crippen molar-refractivity contribution in [3.63, 3.8) is 0 Å². The fourth-order valence-electron chi connectivity index (χ4n) is 2.96. The maximum atomic E-state index is 12.3. The van der Waals surface area contributed by atoms with E-state index in [2.05, 4.69) is 5.10 Å². The highest BCUT2D eigenvalue weighted by atomic mass is 16.5. The van der Waals surface area contributed by atoms with Crippen molar-refractivity contribution in [3.8, 4) is 5.75 Å². The summed E-state index contributed by atoms with van der Waals surface area (Å²) in [6.07, 6.45) is 2.21. The van der Waals surface area contributed by atoms with Gasteiger partial charge in [-0.15, -0.1) is 0 Å². The Hall–Kier alpha value is -1.88. The smallest absolute Gasteiger partial charge is 0.249 e. The number of ether oxygens (including phenoxy) is 2. The van der Waals surface area contributed by atoms with Crippen LogP contribution in [0.25, 0.3) is 0 Å². The van der Waals surface area contributed by atoms with Crippen LogP contribution in [0.15, 0.2) is 29.4 Å². The van der Waals surface area contributed by atoms with Crippen LogP contribution in [0, 0.1) is 0 Å². The normalized spacial score (nSPS) is 25.9. The summed E-state index contributed by atoms with van der Waals surface area (Å²) in [4.78, 5) is 12.3. The van der Waals surface area contributed by atoms with Gasteiger partial charge in [0.05, 0.1) is 31.4 Å². The molecule has 2 unspecified atom stereocenters. The van der Waals surface area contributed by atoms with Crippen molar-refractivity contribution in [2.75, 3.05) is 13.7 Å². The Morgan fingerprint density at radius 2 is 2.19 bits per heavy atom. The van der Waals surface area contributed by atoms with Crippen molar-refractivity contribution in [2.24, 2.45) is 5.10 Å². The highest BCUT2D eigenvalue weighted by Gasteiger charge is 2.34. The Morgan fingerprint density at radius 1 is 1.38 bits per heavy atom. The van der Waals surface area contributed by atoms with Crippen LogP contribution >= 0.6 is 0 Å². The van der Waals surface area contributed by atoms with E-state index in [4.69, 9.17) is 9.47 Å². The number of para-hydroxylation sites is 1. The van der Waals surface area contributed by atoms with Crippen LogP contribution < -0.4 is 4.74 Å². The quantitative estimate of drug-likeness (QED) is 0.856. The van der Waals surface area contributed by atoms with Crippen molar-refractivity contribution in [1.82, 2.24) is 5.01 Å². The van der Waals surface area contributed by atoms with Crippen molar-refractivity contribution in [3.05, 3.63) is 29.8 Å². The van der Waals surface area contributed by atoms with Gasteiger partial charge in [-0.2, -0.15) is 5.10 Å². The molecule has 1 aromatic carbocycles. The first-order chi connectivity index (χ1) is 10.2. The SMILES string of the molecule is COc1ccccc1C1=NN(C2CCOC(C)C2)C(=O)C1. The third-order valence-electron chi connectivity index (χ3n) is 4.02. The molecule has 5 nitrogen and oxygen atoms in total. The summed E-state index contributed by atoms with van der Waals surface area (Å²) in [5, 5.41) is 6.22. The van der Waals surface area contributed by atoms with Gasteiger partial charge >= 0.3 is 0 Å². The number of nitrogens with zero attached hydrogens (tertiary/aromatic N) is 2. The minimum atomic E-state index is 0.0648. The molecular formula is C16H20N2O3. The van der Waals surface area contributed by atoms with Gasteiger partial charge in [-0.1, -0.05) is 12.1 Å². The molecule has 1 fully saturated rings. The van der Waals surface area contributed by atoms with E-state index in [0.29, 0.717) is 13.0 Å². The maximum absolute atomic E-state index is 12.3. The van der Waals surface area contributed by atoms with Crippen LogP contribution in [-0.4, -0.2) is 42.5 Å². The molecule has 2 aliphatic heterocycles. The van der Waals surface area contributed by atoms with Gasteiger partial charge in [0.1, 0.15) is 5.75 Å². The number of benzene rings is 1. The minimum absolute atomic E-state index is 0.0648. The summed E-state index contributed by atoms with van der Waals surface area (Å²) in [6.45, 7) is 2.73. The Balaban J connectivity index is 1.85. The Kier molecular flexibility index (Phi) is 3.92. The highest BCUT2D eigenvalue weighted by molar-refractivity contribution is 6.14. The second kappa shape index (κ2) is 5.85. The number of rotatable bonds is 3. The fraction of sp³-hybridized carbons (Fsp3) is 0.500. The number of carbonyl (C=O) groups excluding carboxylic acids is 1. The Labute approximate surface area is 124 Å². The lowest BCUT2D eigenvalue weighted by atomic mass is 10.0. The second-order valence-corrected chi connectivity index (χ2v) is 5.52. The average molecular weight is 288 g/mol. The number of hydrogen-bond acceptors (Lipinski definition) is 4. The van der Waals surface area contributed by atoms with E-state index in [-0.39, 0.29) is 18.1 Å². The molecular weight excluding hydrogens is 268 g/mol. The molecule has 0 saturated carbocycles. The molecule has 2 aliphatic rings. The predicted molar refractivity (Wildman–Crippen MR) is 79.4 cm³/mol. The maximum Gasteiger partial charge on any atom is 0.249 e. The lowest BCUT2D eigenvalue weighted by Gasteiger charge is -2.31. The molecule has 0 radical (unpaired) electrons. The standard InChI is InChI=1S/C16H20N2O3/c1-11-9-12(7-8-21-11)18-16(19)10-14(17-18)13-5-3-4-6-15(13)20-2/h3-6,11-12H,7-10H2,1-2H3. The summed E-state index contributed by atoms with van der Waals surface area (Å²) >= 11 is 0. The van der Waals surface area contributed by atoms with Gasteiger partial charge < -0.3 is 9.47 Å². The molecule has 0 aromatic heterocycles. The number of hydrogen-bond donors (Lipinski definition) is 0. The molecule has 2 heterocycles. The Morgan fingerprint density at radius 3 is 2.95 bits per heavy atom. The zero-order valence-corrected chi connectivity index (χ0v) is 12.4. The number of carbonyl (C=O) groups is 1. The number of hydrazone groups is 1. The van der Waals surface area contributed by atoms with Gasteiger partial charge in [0.25, 0.3) is 0 Å². The van der Waals surface area contributed by atoms with Gasteiger partial charge in [0, 0.05) is 12.2 Å². The van der Waals surface area contributed by atoms with Gasteiger partial charge in [-0.3, -0.25) is 4.79 Å². The van der Waals surface area contributed by atoms with Crippen molar-refractivity contribution < 1.29 is 14.3 Å². The van der Waals surface area contributed by atoms with Gasteiger partial charge in [0.15, 0.2) is 0 Å². The molecule has 0 aliphatic carbocycles. The molecule has 0 bridgehead atoms. The molecule has 0 N–H and O–H groups in total. The Bertz CT molecular complexity index is 570. The second-order valence-electron chi connectivity index (χ2n) is 5.52. The molecule has 112 valence electrons. The molecule has 21 heavy (non-hydrogen) atoms. The summed E-state index contributed by atoms with van der Waals surface area (Å²) in [6, 6.07) is 7.83. The topological polar surface area (TPSA) is 51.1 Å². The molecule has 3 rings (SSSR count). The summed E-state index contributed by atoms with van der Waals surface area (Å²) in [7, 11) is 1.63. The number of methoxy groups -OCH3 is 1. The van der Waals surface area contributed by atoms with E-state index < -0.39 is 0 Å². The van der Waals surface area contributed by atoms with Crippen molar-refractivity contribution in [2.45, 2.75) is 38.3 Å². The van der Waals surface area contributed by atoms with Crippen molar-refractivity contribution in [1.29, 1.82) is 0 Å². The van der Waals surface area contributed by atoms with Crippen LogP contribution in [0.3, 0.4) is 0 Å². The van der Waals surface area contributed by atoms with E-state index >= 15 is 0 Å². The zero-order chi connectivity index (χ0) is 14.8. The first-order valence-electron chi connectivity index (χ1n) is 7.33. The fourth-order valence-corrected chi connectivity index (χ4v) is 2.96.